The zero-order chi connectivity index (χ0) is 22.6. The molecule has 1 aliphatic carbocycles. The minimum atomic E-state index is -1.02. The van der Waals surface area contributed by atoms with Gasteiger partial charge in [-0.3, -0.25) is 9.69 Å². The monoisotopic (exact) mass is 426 g/mol. The second-order valence-corrected chi connectivity index (χ2v) is 7.66. The minimum Gasteiger partial charge on any atom is -0.497 e. The van der Waals surface area contributed by atoms with Gasteiger partial charge in [-0.2, -0.15) is 0 Å². The van der Waals surface area contributed by atoms with Crippen molar-refractivity contribution in [3.8, 4) is 5.75 Å². The van der Waals surface area contributed by atoms with E-state index in [1.54, 1.807) is 30.2 Å². The first-order chi connectivity index (χ1) is 15.5. The van der Waals surface area contributed by atoms with E-state index in [1.807, 2.05) is 78.9 Å². The molecule has 6 heteroatoms. The van der Waals surface area contributed by atoms with Crippen molar-refractivity contribution in [2.24, 2.45) is 5.73 Å². The summed E-state index contributed by atoms with van der Waals surface area (Å²) in [7, 11) is 1.60. The molecule has 0 heterocycles. The summed E-state index contributed by atoms with van der Waals surface area (Å²) in [5.74, 6) is 0.450. The smallest absolute Gasteiger partial charge is 0.260 e. The van der Waals surface area contributed by atoms with Crippen molar-refractivity contribution in [2.75, 3.05) is 23.1 Å². The molecule has 1 unspecified atom stereocenters. The Morgan fingerprint density at radius 1 is 1.00 bits per heavy atom. The van der Waals surface area contributed by atoms with Gasteiger partial charge < -0.3 is 21.5 Å². The lowest BCUT2D eigenvalue weighted by Crippen LogP contribution is -2.57. The molecule has 1 amide bonds. The number of hydrogen-bond acceptors (Lipinski definition) is 5. The van der Waals surface area contributed by atoms with Crippen LogP contribution < -0.4 is 26.4 Å². The number of nitrogens with zero attached hydrogens (tertiary/aromatic N) is 1. The normalized spacial score (nSPS) is 17.1. The Morgan fingerprint density at radius 2 is 1.75 bits per heavy atom. The number of rotatable bonds is 6. The molecule has 162 valence electrons. The highest BCUT2D eigenvalue weighted by molar-refractivity contribution is 6.08. The SMILES string of the molecule is COc1ccc(N(C(=O)c2cc(N)cc(Nc3ccccc3)c2)C2(N)C=CC=CC2)cc1. The number of anilines is 4. The van der Waals surface area contributed by atoms with Gasteiger partial charge in [0.15, 0.2) is 0 Å². The zero-order valence-corrected chi connectivity index (χ0v) is 17.9. The number of nitrogen functional groups attached to an aromatic ring is 1. The standard InChI is InChI=1S/C26H26N4O2/c1-32-24-12-10-23(11-13-24)30(26(28)14-6-3-7-15-26)25(31)19-16-20(27)18-22(17-19)29-21-8-4-2-5-9-21/h2-14,16-18,29H,15,27-28H2,1H3. The molecule has 6 nitrogen and oxygen atoms in total. The first-order valence-corrected chi connectivity index (χ1v) is 10.3. The van der Waals surface area contributed by atoms with Crippen LogP contribution in [0, 0.1) is 0 Å². The maximum atomic E-state index is 13.8. The van der Waals surface area contributed by atoms with Gasteiger partial charge in [-0.25, -0.2) is 0 Å². The third-order valence-electron chi connectivity index (χ3n) is 5.29. The first-order valence-electron chi connectivity index (χ1n) is 10.3. The van der Waals surface area contributed by atoms with Crippen molar-refractivity contribution in [3.05, 3.63) is 103 Å². The summed E-state index contributed by atoms with van der Waals surface area (Å²) in [6.07, 6.45) is 8.05. The lowest BCUT2D eigenvalue weighted by atomic mass is 9.97. The van der Waals surface area contributed by atoms with E-state index in [2.05, 4.69) is 5.32 Å². The molecule has 0 saturated carbocycles. The quantitative estimate of drug-likeness (QED) is 0.387. The maximum absolute atomic E-state index is 13.8. The van der Waals surface area contributed by atoms with Crippen LogP contribution in [0.4, 0.5) is 22.7 Å². The van der Waals surface area contributed by atoms with Crippen LogP contribution in [0.25, 0.3) is 0 Å². The van der Waals surface area contributed by atoms with Crippen LogP contribution in [0.2, 0.25) is 0 Å². The largest absolute Gasteiger partial charge is 0.497 e. The lowest BCUT2D eigenvalue weighted by Gasteiger charge is -2.39. The number of amides is 1. The Morgan fingerprint density at radius 3 is 2.41 bits per heavy atom. The molecule has 5 N–H and O–H groups in total. The van der Waals surface area contributed by atoms with Crippen LogP contribution in [-0.2, 0) is 0 Å². The van der Waals surface area contributed by atoms with Gasteiger partial charge in [-0.05, 0) is 60.7 Å². The van der Waals surface area contributed by atoms with Crippen LogP contribution in [0.15, 0.2) is 97.1 Å². The Kier molecular flexibility index (Phi) is 5.96. The van der Waals surface area contributed by atoms with Crippen molar-refractivity contribution in [1.82, 2.24) is 0 Å². The number of methoxy groups -OCH3 is 1. The van der Waals surface area contributed by atoms with Gasteiger partial charge in [0.25, 0.3) is 5.91 Å². The van der Waals surface area contributed by atoms with E-state index < -0.39 is 5.66 Å². The molecule has 3 aromatic rings. The summed E-state index contributed by atoms with van der Waals surface area (Å²) in [6, 6.07) is 22.2. The van der Waals surface area contributed by atoms with Crippen molar-refractivity contribution >= 4 is 28.7 Å². The van der Waals surface area contributed by atoms with Crippen LogP contribution in [-0.4, -0.2) is 18.7 Å². The topological polar surface area (TPSA) is 93.6 Å². The minimum absolute atomic E-state index is 0.249. The van der Waals surface area contributed by atoms with Crippen LogP contribution in [0.5, 0.6) is 5.75 Å². The molecule has 0 aliphatic heterocycles. The summed E-state index contributed by atoms with van der Waals surface area (Å²) in [5.41, 5.74) is 15.1. The number of ether oxygens (including phenoxy) is 1. The fourth-order valence-electron chi connectivity index (χ4n) is 3.73. The Hall–Kier alpha value is -4.03. The molecule has 32 heavy (non-hydrogen) atoms. The predicted octanol–water partition coefficient (Wildman–Crippen LogP) is 4.84. The third-order valence-corrected chi connectivity index (χ3v) is 5.29. The number of nitrogens with one attached hydrogen (secondary N) is 1. The Labute approximate surface area is 187 Å². The molecule has 0 radical (unpaired) electrons. The average molecular weight is 427 g/mol. The van der Waals surface area contributed by atoms with E-state index in [0.29, 0.717) is 29.1 Å². The second kappa shape index (κ2) is 8.99. The number of para-hydroxylation sites is 1. The molecular weight excluding hydrogens is 400 g/mol. The molecule has 0 fully saturated rings. The van der Waals surface area contributed by atoms with E-state index in [1.165, 1.54) is 0 Å². The van der Waals surface area contributed by atoms with Crippen molar-refractivity contribution in [3.63, 3.8) is 0 Å². The lowest BCUT2D eigenvalue weighted by molar-refractivity contribution is 0.0965. The van der Waals surface area contributed by atoms with Crippen LogP contribution in [0.1, 0.15) is 16.8 Å². The highest BCUT2D eigenvalue weighted by atomic mass is 16.5. The molecule has 0 saturated heterocycles. The van der Waals surface area contributed by atoms with E-state index in [-0.39, 0.29) is 5.91 Å². The van der Waals surface area contributed by atoms with Gasteiger partial charge in [0, 0.05) is 34.7 Å². The molecule has 0 aromatic heterocycles. The Bertz CT molecular complexity index is 1160. The third kappa shape index (κ3) is 4.50. The van der Waals surface area contributed by atoms with Gasteiger partial charge in [0.2, 0.25) is 0 Å². The molecule has 1 aliphatic rings. The van der Waals surface area contributed by atoms with Crippen molar-refractivity contribution < 1.29 is 9.53 Å². The predicted molar refractivity (Wildman–Crippen MR) is 130 cm³/mol. The summed E-state index contributed by atoms with van der Waals surface area (Å²) in [6.45, 7) is 0. The van der Waals surface area contributed by atoms with Gasteiger partial charge in [0.1, 0.15) is 11.4 Å². The molecule has 1 atom stereocenters. The maximum Gasteiger partial charge on any atom is 0.260 e. The average Bonchev–Trinajstić information content (AvgIpc) is 2.80. The van der Waals surface area contributed by atoms with Gasteiger partial charge in [0.05, 0.1) is 7.11 Å². The van der Waals surface area contributed by atoms with Gasteiger partial charge in [-0.1, -0.05) is 36.4 Å². The molecule has 0 spiro atoms. The molecule has 0 bridgehead atoms. The molecule has 3 aromatic carbocycles. The summed E-state index contributed by atoms with van der Waals surface area (Å²) in [4.78, 5) is 15.4. The van der Waals surface area contributed by atoms with Gasteiger partial charge in [-0.15, -0.1) is 0 Å². The summed E-state index contributed by atoms with van der Waals surface area (Å²) < 4.78 is 5.27. The van der Waals surface area contributed by atoms with E-state index in [4.69, 9.17) is 16.2 Å². The van der Waals surface area contributed by atoms with Crippen molar-refractivity contribution in [1.29, 1.82) is 0 Å². The number of carbonyl (C=O) groups is 1. The van der Waals surface area contributed by atoms with Crippen molar-refractivity contribution in [2.45, 2.75) is 12.1 Å². The zero-order valence-electron chi connectivity index (χ0n) is 17.9. The first kappa shape index (κ1) is 21.2. The fourth-order valence-corrected chi connectivity index (χ4v) is 3.73. The van der Waals surface area contributed by atoms with Crippen LogP contribution >= 0.6 is 0 Å². The Balaban J connectivity index is 1.73. The number of carbonyl (C=O) groups excluding carboxylic acids is 1. The highest BCUT2D eigenvalue weighted by Crippen LogP contribution is 2.31. The highest BCUT2D eigenvalue weighted by Gasteiger charge is 2.36. The van der Waals surface area contributed by atoms with Gasteiger partial charge >= 0.3 is 0 Å². The van der Waals surface area contributed by atoms with Crippen LogP contribution in [0.3, 0.4) is 0 Å². The molecule has 4 rings (SSSR count). The summed E-state index contributed by atoms with van der Waals surface area (Å²) in [5, 5.41) is 3.30. The molecular formula is C26H26N4O2. The summed E-state index contributed by atoms with van der Waals surface area (Å²) >= 11 is 0. The van der Waals surface area contributed by atoms with E-state index in [0.717, 1.165) is 11.4 Å². The van der Waals surface area contributed by atoms with E-state index in [9.17, 15) is 4.79 Å². The second-order valence-electron chi connectivity index (χ2n) is 7.66. The number of nitrogens with two attached hydrogens (primary N) is 2. The number of benzene rings is 3. The van der Waals surface area contributed by atoms with E-state index >= 15 is 0 Å². The number of hydrogen-bond donors (Lipinski definition) is 3. The number of allylic oxidation sites excluding steroid dienone is 2. The fraction of sp³-hybridized carbons (Fsp3) is 0.115.